The maximum absolute atomic E-state index is 10.5. The lowest BCUT2D eigenvalue weighted by Gasteiger charge is -2.13. The minimum absolute atomic E-state index is 0.213. The Bertz CT molecular complexity index is 333. The summed E-state index contributed by atoms with van der Waals surface area (Å²) in [6.07, 6.45) is 0. The molecule has 0 N–H and O–H groups in total. The molecule has 0 aliphatic heterocycles. The predicted molar refractivity (Wildman–Crippen MR) is 57.3 cm³/mol. The van der Waals surface area contributed by atoms with Crippen molar-refractivity contribution in [3.8, 4) is 0 Å². The molecular weight excluding hydrogens is 192 g/mol. The zero-order chi connectivity index (χ0) is 11.3. The summed E-state index contributed by atoms with van der Waals surface area (Å²) >= 11 is 0. The van der Waals surface area contributed by atoms with Crippen LogP contribution in [0.2, 0.25) is 0 Å². The minimum Gasteiger partial charge on any atom is -0.299 e. The molecule has 1 rings (SSSR count). The fourth-order valence-corrected chi connectivity index (χ4v) is 1.45. The van der Waals surface area contributed by atoms with Crippen molar-refractivity contribution in [3.63, 3.8) is 0 Å². The van der Waals surface area contributed by atoms with Crippen LogP contribution in [-0.2, 0) is 14.6 Å². The monoisotopic (exact) mass is 208 g/mol. The van der Waals surface area contributed by atoms with Crippen LogP contribution in [0.3, 0.4) is 0 Å². The maximum Gasteiger partial charge on any atom is 0.339 e. The highest BCUT2D eigenvalue weighted by atomic mass is 17.2. The standard InChI is InChI=1S/C12H16O3/c1-9-6-4-5-7-12(9)10(2)8-14-15-11(3)13/h4-7,10H,8H2,1-3H3. The quantitative estimate of drug-likeness (QED) is 0.563. The Balaban J connectivity index is 2.50. The van der Waals surface area contributed by atoms with Crippen molar-refractivity contribution in [1.82, 2.24) is 0 Å². The predicted octanol–water partition coefficient (Wildman–Crippen LogP) is 2.59. The molecule has 0 amide bonds. The van der Waals surface area contributed by atoms with Crippen molar-refractivity contribution in [1.29, 1.82) is 0 Å². The highest BCUT2D eigenvalue weighted by molar-refractivity contribution is 5.65. The maximum atomic E-state index is 10.5. The van der Waals surface area contributed by atoms with Crippen LogP contribution in [-0.4, -0.2) is 12.6 Å². The lowest BCUT2D eigenvalue weighted by Crippen LogP contribution is -2.08. The zero-order valence-corrected chi connectivity index (χ0v) is 9.32. The topological polar surface area (TPSA) is 35.5 Å². The Morgan fingerprint density at radius 3 is 2.67 bits per heavy atom. The van der Waals surface area contributed by atoms with E-state index in [0.717, 1.165) is 0 Å². The molecule has 0 saturated carbocycles. The molecular formula is C12H16O3. The Labute approximate surface area is 89.9 Å². The van der Waals surface area contributed by atoms with Gasteiger partial charge in [0.15, 0.2) is 0 Å². The fourth-order valence-electron chi connectivity index (χ4n) is 1.45. The van der Waals surface area contributed by atoms with E-state index < -0.39 is 5.97 Å². The van der Waals surface area contributed by atoms with Crippen LogP contribution in [0.5, 0.6) is 0 Å². The Morgan fingerprint density at radius 2 is 2.07 bits per heavy atom. The molecule has 1 aromatic carbocycles. The first-order valence-corrected chi connectivity index (χ1v) is 4.97. The molecule has 0 radical (unpaired) electrons. The largest absolute Gasteiger partial charge is 0.339 e. The lowest BCUT2D eigenvalue weighted by molar-refractivity contribution is -0.272. The Hall–Kier alpha value is -1.35. The molecule has 3 heteroatoms. The molecule has 0 saturated heterocycles. The SMILES string of the molecule is CC(=O)OOCC(C)c1ccccc1C. The van der Waals surface area contributed by atoms with Crippen LogP contribution in [0.15, 0.2) is 24.3 Å². The first-order chi connectivity index (χ1) is 7.11. The lowest BCUT2D eigenvalue weighted by atomic mass is 9.97. The third-order valence-electron chi connectivity index (χ3n) is 2.21. The number of benzene rings is 1. The summed E-state index contributed by atoms with van der Waals surface area (Å²) < 4.78 is 0. The van der Waals surface area contributed by atoms with Crippen LogP contribution >= 0.6 is 0 Å². The summed E-state index contributed by atoms with van der Waals surface area (Å²) in [4.78, 5) is 19.7. The average Bonchev–Trinajstić information content (AvgIpc) is 2.17. The second kappa shape index (κ2) is 5.51. The zero-order valence-electron chi connectivity index (χ0n) is 9.32. The van der Waals surface area contributed by atoms with E-state index in [1.54, 1.807) is 0 Å². The number of rotatable bonds is 4. The highest BCUT2D eigenvalue weighted by Gasteiger charge is 2.09. The van der Waals surface area contributed by atoms with Crippen molar-refractivity contribution >= 4 is 5.97 Å². The van der Waals surface area contributed by atoms with Crippen LogP contribution in [0.25, 0.3) is 0 Å². The van der Waals surface area contributed by atoms with Crippen LogP contribution < -0.4 is 0 Å². The van der Waals surface area contributed by atoms with Gasteiger partial charge in [-0.2, -0.15) is 4.89 Å². The van der Waals surface area contributed by atoms with Gasteiger partial charge in [-0.1, -0.05) is 31.2 Å². The number of hydrogen-bond donors (Lipinski definition) is 0. The molecule has 1 unspecified atom stereocenters. The van der Waals surface area contributed by atoms with Crippen LogP contribution in [0, 0.1) is 6.92 Å². The molecule has 1 aromatic rings. The first-order valence-electron chi connectivity index (χ1n) is 4.97. The number of carbonyl (C=O) groups is 1. The molecule has 0 fully saturated rings. The van der Waals surface area contributed by atoms with Crippen LogP contribution in [0.4, 0.5) is 0 Å². The average molecular weight is 208 g/mol. The van der Waals surface area contributed by atoms with E-state index >= 15 is 0 Å². The van der Waals surface area contributed by atoms with Gasteiger partial charge in [0.2, 0.25) is 0 Å². The van der Waals surface area contributed by atoms with Crippen molar-refractivity contribution in [2.24, 2.45) is 0 Å². The second-order valence-electron chi connectivity index (χ2n) is 3.62. The fraction of sp³-hybridized carbons (Fsp3) is 0.417. The third kappa shape index (κ3) is 3.72. The molecule has 1 atom stereocenters. The summed E-state index contributed by atoms with van der Waals surface area (Å²) in [5.41, 5.74) is 2.43. The number of carbonyl (C=O) groups excluding carboxylic acids is 1. The summed E-state index contributed by atoms with van der Waals surface area (Å²) in [5.74, 6) is -0.211. The van der Waals surface area contributed by atoms with Gasteiger partial charge in [0.25, 0.3) is 0 Å². The van der Waals surface area contributed by atoms with Crippen molar-refractivity contribution in [2.45, 2.75) is 26.7 Å². The van der Waals surface area contributed by atoms with Gasteiger partial charge in [0.1, 0.15) is 6.61 Å². The molecule has 3 nitrogen and oxygen atoms in total. The second-order valence-corrected chi connectivity index (χ2v) is 3.62. The molecule has 0 bridgehead atoms. The van der Waals surface area contributed by atoms with E-state index in [0.29, 0.717) is 6.61 Å². The molecule has 0 spiro atoms. The van der Waals surface area contributed by atoms with Gasteiger partial charge in [-0.3, -0.25) is 4.89 Å². The van der Waals surface area contributed by atoms with Gasteiger partial charge in [0.05, 0.1) is 0 Å². The molecule has 82 valence electrons. The van der Waals surface area contributed by atoms with E-state index in [9.17, 15) is 4.79 Å². The van der Waals surface area contributed by atoms with Gasteiger partial charge in [0, 0.05) is 12.8 Å². The Kier molecular flexibility index (Phi) is 4.31. The van der Waals surface area contributed by atoms with E-state index in [-0.39, 0.29) is 5.92 Å². The smallest absolute Gasteiger partial charge is 0.299 e. The van der Waals surface area contributed by atoms with Crippen molar-refractivity contribution < 1.29 is 14.6 Å². The summed E-state index contributed by atoms with van der Waals surface area (Å²) in [6.45, 7) is 5.78. The molecule has 0 heterocycles. The van der Waals surface area contributed by atoms with Crippen molar-refractivity contribution in [2.75, 3.05) is 6.61 Å². The van der Waals surface area contributed by atoms with Gasteiger partial charge in [-0.25, -0.2) is 4.79 Å². The van der Waals surface area contributed by atoms with E-state index in [4.69, 9.17) is 4.89 Å². The van der Waals surface area contributed by atoms with E-state index in [1.807, 2.05) is 19.1 Å². The summed E-state index contributed by atoms with van der Waals surface area (Å²) in [5, 5.41) is 0. The third-order valence-corrected chi connectivity index (χ3v) is 2.21. The molecule has 0 aliphatic rings. The van der Waals surface area contributed by atoms with Gasteiger partial charge in [-0.15, -0.1) is 0 Å². The molecule has 15 heavy (non-hydrogen) atoms. The normalized spacial score (nSPS) is 12.2. The van der Waals surface area contributed by atoms with Gasteiger partial charge < -0.3 is 0 Å². The summed E-state index contributed by atoms with van der Waals surface area (Å²) in [6, 6.07) is 8.10. The number of aryl methyl sites for hydroxylation is 1. The van der Waals surface area contributed by atoms with E-state index in [1.165, 1.54) is 18.1 Å². The molecule has 0 aliphatic carbocycles. The number of hydrogen-bond acceptors (Lipinski definition) is 3. The van der Waals surface area contributed by atoms with E-state index in [2.05, 4.69) is 23.9 Å². The first kappa shape index (κ1) is 11.7. The minimum atomic E-state index is -0.424. The molecule has 0 aromatic heterocycles. The Morgan fingerprint density at radius 1 is 1.40 bits per heavy atom. The van der Waals surface area contributed by atoms with Crippen molar-refractivity contribution in [3.05, 3.63) is 35.4 Å². The van der Waals surface area contributed by atoms with Gasteiger partial charge in [-0.05, 0) is 18.1 Å². The summed E-state index contributed by atoms with van der Waals surface area (Å²) in [7, 11) is 0. The van der Waals surface area contributed by atoms with Gasteiger partial charge >= 0.3 is 5.97 Å². The highest BCUT2D eigenvalue weighted by Crippen LogP contribution is 2.19. The van der Waals surface area contributed by atoms with Crippen LogP contribution in [0.1, 0.15) is 30.9 Å².